The van der Waals surface area contributed by atoms with Gasteiger partial charge in [-0.05, 0) is 24.6 Å². The lowest BCUT2D eigenvalue weighted by atomic mass is 10.1. The fourth-order valence-electron chi connectivity index (χ4n) is 1.02. The molecule has 14 heavy (non-hydrogen) atoms. The molecule has 0 N–H and O–H groups in total. The van der Waals surface area contributed by atoms with Gasteiger partial charge in [0.2, 0.25) is 0 Å². The highest BCUT2D eigenvalue weighted by Crippen LogP contribution is 2.32. The number of hydrogen-bond donors (Lipinski definition) is 0. The molecule has 76 valence electrons. The minimum Gasteiger partial charge on any atom is -0.166 e. The number of allylic oxidation sites excluding steroid dienone is 1. The molecule has 0 aliphatic carbocycles. The molecule has 0 radical (unpaired) electrons. The van der Waals surface area contributed by atoms with Crippen molar-refractivity contribution in [3.8, 4) is 0 Å². The number of hydrogen-bond acceptors (Lipinski definition) is 0. The summed E-state index contributed by atoms with van der Waals surface area (Å²) >= 11 is 3.09. The summed E-state index contributed by atoms with van der Waals surface area (Å²) in [5.74, 6) is 0. The molecule has 4 heteroatoms. The Hall–Kier alpha value is -0.770. The molecule has 0 spiro atoms. The number of alkyl halides is 3. The molecule has 0 heterocycles. The van der Waals surface area contributed by atoms with E-state index in [4.69, 9.17) is 0 Å². The molecule has 0 fully saturated rings. The molecule has 1 aromatic carbocycles. The standard InChI is InChI=1S/C10H8BrF3/c1-2-3-7-4-5-8(6-9(7)11)10(12,13)14/h2-6H,1H3/b3-2+. The van der Waals surface area contributed by atoms with Crippen molar-refractivity contribution in [2.24, 2.45) is 0 Å². The maximum Gasteiger partial charge on any atom is 0.416 e. The van der Waals surface area contributed by atoms with Crippen LogP contribution in [0, 0.1) is 0 Å². The van der Waals surface area contributed by atoms with E-state index in [-0.39, 0.29) is 0 Å². The zero-order chi connectivity index (χ0) is 10.8. The van der Waals surface area contributed by atoms with Crippen LogP contribution in [0.25, 0.3) is 6.08 Å². The van der Waals surface area contributed by atoms with Crippen molar-refractivity contribution in [2.75, 3.05) is 0 Å². The van der Waals surface area contributed by atoms with Crippen molar-refractivity contribution in [3.63, 3.8) is 0 Å². The summed E-state index contributed by atoms with van der Waals surface area (Å²) in [5.41, 5.74) is 0.0955. The lowest BCUT2D eigenvalue weighted by Crippen LogP contribution is -2.04. The molecule has 0 nitrogen and oxygen atoms in total. The van der Waals surface area contributed by atoms with Crippen LogP contribution in [0.5, 0.6) is 0 Å². The van der Waals surface area contributed by atoms with E-state index in [1.807, 2.05) is 6.92 Å². The van der Waals surface area contributed by atoms with Crippen LogP contribution in [-0.4, -0.2) is 0 Å². The van der Waals surface area contributed by atoms with Crippen molar-refractivity contribution in [1.82, 2.24) is 0 Å². The first kappa shape index (κ1) is 11.3. The van der Waals surface area contributed by atoms with E-state index < -0.39 is 11.7 Å². The highest BCUT2D eigenvalue weighted by atomic mass is 79.9. The maximum atomic E-state index is 12.2. The zero-order valence-corrected chi connectivity index (χ0v) is 8.98. The fraction of sp³-hybridized carbons (Fsp3) is 0.200. The van der Waals surface area contributed by atoms with Gasteiger partial charge >= 0.3 is 6.18 Å². The van der Waals surface area contributed by atoms with Crippen molar-refractivity contribution in [1.29, 1.82) is 0 Å². The topological polar surface area (TPSA) is 0 Å². The molecule has 1 rings (SSSR count). The van der Waals surface area contributed by atoms with Crippen molar-refractivity contribution in [2.45, 2.75) is 13.1 Å². The molecule has 0 aliphatic rings. The molecule has 0 aromatic heterocycles. The Balaban J connectivity index is 3.13. The van der Waals surface area contributed by atoms with Crippen LogP contribution in [0.2, 0.25) is 0 Å². The smallest absolute Gasteiger partial charge is 0.166 e. The van der Waals surface area contributed by atoms with Crippen LogP contribution < -0.4 is 0 Å². The van der Waals surface area contributed by atoms with Gasteiger partial charge in [-0.2, -0.15) is 13.2 Å². The van der Waals surface area contributed by atoms with E-state index in [0.717, 1.165) is 17.7 Å². The van der Waals surface area contributed by atoms with E-state index in [1.54, 1.807) is 12.2 Å². The number of rotatable bonds is 1. The van der Waals surface area contributed by atoms with Gasteiger partial charge in [0.15, 0.2) is 0 Å². The van der Waals surface area contributed by atoms with Crippen LogP contribution in [-0.2, 0) is 6.18 Å². The van der Waals surface area contributed by atoms with Crippen molar-refractivity contribution < 1.29 is 13.2 Å². The molecular formula is C10H8BrF3. The summed E-state index contributed by atoms with van der Waals surface area (Å²) in [6, 6.07) is 3.59. The van der Waals surface area contributed by atoms with Gasteiger partial charge in [0.05, 0.1) is 5.56 Å². The molecule has 1 aromatic rings. The van der Waals surface area contributed by atoms with Gasteiger partial charge in [0.25, 0.3) is 0 Å². The largest absolute Gasteiger partial charge is 0.416 e. The molecule has 0 saturated carbocycles. The normalized spacial score (nSPS) is 12.4. The second-order valence-electron chi connectivity index (χ2n) is 2.73. The average Bonchev–Trinajstić information content (AvgIpc) is 2.07. The number of benzene rings is 1. The second kappa shape index (κ2) is 4.17. The van der Waals surface area contributed by atoms with Gasteiger partial charge in [-0.15, -0.1) is 0 Å². The Morgan fingerprint density at radius 1 is 1.29 bits per heavy atom. The summed E-state index contributed by atoms with van der Waals surface area (Å²) in [7, 11) is 0. The third-order valence-electron chi connectivity index (χ3n) is 1.67. The van der Waals surface area contributed by atoms with Crippen LogP contribution in [0.4, 0.5) is 13.2 Å². The SMILES string of the molecule is C/C=C/c1ccc(C(F)(F)F)cc1Br. The number of halogens is 4. The predicted molar refractivity (Wildman–Crippen MR) is 53.9 cm³/mol. The Bertz CT molecular complexity index is 353. The first-order chi connectivity index (χ1) is 6.45. The van der Waals surface area contributed by atoms with Gasteiger partial charge in [-0.25, -0.2) is 0 Å². The quantitative estimate of drug-likeness (QED) is 0.701. The lowest BCUT2D eigenvalue weighted by molar-refractivity contribution is -0.137. The molecule has 0 amide bonds. The lowest BCUT2D eigenvalue weighted by Gasteiger charge is -2.07. The van der Waals surface area contributed by atoms with Crippen LogP contribution in [0.3, 0.4) is 0 Å². The maximum absolute atomic E-state index is 12.2. The van der Waals surface area contributed by atoms with Crippen LogP contribution in [0.1, 0.15) is 18.1 Å². The summed E-state index contributed by atoms with van der Waals surface area (Å²) in [4.78, 5) is 0. The van der Waals surface area contributed by atoms with Crippen molar-refractivity contribution >= 4 is 22.0 Å². The van der Waals surface area contributed by atoms with E-state index >= 15 is 0 Å². The van der Waals surface area contributed by atoms with Crippen LogP contribution in [0.15, 0.2) is 28.7 Å². The zero-order valence-electron chi connectivity index (χ0n) is 7.40. The first-order valence-electron chi connectivity index (χ1n) is 3.94. The van der Waals surface area contributed by atoms with Crippen LogP contribution >= 0.6 is 15.9 Å². The average molecular weight is 265 g/mol. The minimum absolute atomic E-state index is 0.449. The molecule has 0 atom stereocenters. The first-order valence-corrected chi connectivity index (χ1v) is 4.74. The monoisotopic (exact) mass is 264 g/mol. The Labute approximate surface area is 88.6 Å². The Morgan fingerprint density at radius 3 is 2.36 bits per heavy atom. The van der Waals surface area contributed by atoms with E-state index in [1.165, 1.54) is 6.07 Å². The summed E-state index contributed by atoms with van der Waals surface area (Å²) in [6.07, 6.45) is -0.769. The third kappa shape index (κ3) is 2.61. The molecule has 0 bridgehead atoms. The summed E-state index contributed by atoms with van der Waals surface area (Å²) in [6.45, 7) is 1.81. The van der Waals surface area contributed by atoms with Gasteiger partial charge in [0, 0.05) is 4.47 Å². The van der Waals surface area contributed by atoms with Gasteiger partial charge in [-0.3, -0.25) is 0 Å². The van der Waals surface area contributed by atoms with E-state index in [0.29, 0.717) is 4.47 Å². The van der Waals surface area contributed by atoms with E-state index in [2.05, 4.69) is 15.9 Å². The van der Waals surface area contributed by atoms with Gasteiger partial charge in [-0.1, -0.05) is 34.1 Å². The third-order valence-corrected chi connectivity index (χ3v) is 2.36. The predicted octanol–water partition coefficient (Wildman–Crippen LogP) is 4.50. The second-order valence-corrected chi connectivity index (χ2v) is 3.59. The van der Waals surface area contributed by atoms with E-state index in [9.17, 15) is 13.2 Å². The highest BCUT2D eigenvalue weighted by molar-refractivity contribution is 9.10. The Kier molecular flexibility index (Phi) is 3.37. The molecular weight excluding hydrogens is 257 g/mol. The van der Waals surface area contributed by atoms with Gasteiger partial charge < -0.3 is 0 Å². The minimum atomic E-state index is -4.28. The van der Waals surface area contributed by atoms with Crippen molar-refractivity contribution in [3.05, 3.63) is 39.9 Å². The summed E-state index contributed by atoms with van der Waals surface area (Å²) in [5, 5.41) is 0. The summed E-state index contributed by atoms with van der Waals surface area (Å²) < 4.78 is 37.2. The fourth-order valence-corrected chi connectivity index (χ4v) is 1.53. The Morgan fingerprint density at radius 2 is 1.93 bits per heavy atom. The molecule has 0 unspecified atom stereocenters. The van der Waals surface area contributed by atoms with Gasteiger partial charge in [0.1, 0.15) is 0 Å². The molecule has 0 aliphatic heterocycles. The highest BCUT2D eigenvalue weighted by Gasteiger charge is 2.30. The molecule has 0 saturated heterocycles.